The highest BCUT2D eigenvalue weighted by Gasteiger charge is 2.30. The fourth-order valence-corrected chi connectivity index (χ4v) is 3.92. The van der Waals surface area contributed by atoms with E-state index in [4.69, 9.17) is 18.9 Å². The van der Waals surface area contributed by atoms with Gasteiger partial charge in [-0.25, -0.2) is 0 Å². The van der Waals surface area contributed by atoms with Crippen molar-refractivity contribution in [3.8, 4) is 5.75 Å². The second kappa shape index (κ2) is 13.6. The maximum Gasteiger partial charge on any atom is 0.311 e. The Hall–Kier alpha value is -3.43. The zero-order chi connectivity index (χ0) is 27.6. The topological polar surface area (TPSA) is 142 Å². The van der Waals surface area contributed by atoms with E-state index in [0.717, 1.165) is 11.1 Å². The van der Waals surface area contributed by atoms with Crippen LogP contribution in [0.15, 0.2) is 12.1 Å². The molecule has 0 heterocycles. The van der Waals surface area contributed by atoms with Gasteiger partial charge in [0.25, 0.3) is 0 Å². The summed E-state index contributed by atoms with van der Waals surface area (Å²) in [4.78, 5) is 58.5. The van der Waals surface area contributed by atoms with Crippen molar-refractivity contribution in [3.63, 3.8) is 0 Å². The number of aliphatic carboxylic acids is 1. The SMILES string of the molecule is CC(=O)OCC(COC(C)=O)OC(=O)CC(C)CC(=O)Oc1cc(C)cc(C)c1C(C)(C)CC(=O)O. The standard InChI is InChI=1S/C26H36O10/c1-15-8-17(3)25(26(6,7)12-22(29)30)21(9-15)36-24(32)11-16(2)10-23(31)35-20(13-33-18(4)27)14-34-19(5)28/h8-9,16,20H,10-14H2,1-7H3,(H,29,30). The van der Waals surface area contributed by atoms with E-state index >= 15 is 0 Å². The highest BCUT2D eigenvalue weighted by molar-refractivity contribution is 5.76. The number of rotatable bonds is 13. The molecule has 0 aromatic heterocycles. The van der Waals surface area contributed by atoms with Crippen molar-refractivity contribution in [2.45, 2.75) is 79.2 Å². The number of carboxylic acid groups (broad SMARTS) is 1. The average molecular weight is 509 g/mol. The lowest BCUT2D eigenvalue weighted by Crippen LogP contribution is -2.31. The Morgan fingerprint density at radius 2 is 1.44 bits per heavy atom. The van der Waals surface area contributed by atoms with Gasteiger partial charge in [-0.15, -0.1) is 0 Å². The van der Waals surface area contributed by atoms with Crippen LogP contribution in [0.25, 0.3) is 0 Å². The Labute approximate surface area is 211 Å². The molecule has 10 nitrogen and oxygen atoms in total. The van der Waals surface area contributed by atoms with Gasteiger partial charge in [-0.3, -0.25) is 24.0 Å². The second-order valence-electron chi connectivity index (χ2n) is 9.61. The zero-order valence-corrected chi connectivity index (χ0v) is 22.0. The molecule has 0 aliphatic rings. The van der Waals surface area contributed by atoms with Crippen molar-refractivity contribution < 1.29 is 48.0 Å². The predicted octanol–water partition coefficient (Wildman–Crippen LogP) is 3.42. The van der Waals surface area contributed by atoms with Crippen LogP contribution in [-0.4, -0.2) is 54.3 Å². The number of carbonyl (C=O) groups is 5. The normalized spacial score (nSPS) is 12.0. The van der Waals surface area contributed by atoms with Crippen LogP contribution in [0.3, 0.4) is 0 Å². The smallest absolute Gasteiger partial charge is 0.311 e. The fraction of sp³-hybridized carbons (Fsp3) is 0.577. The van der Waals surface area contributed by atoms with Crippen LogP contribution >= 0.6 is 0 Å². The quantitative estimate of drug-likeness (QED) is 0.239. The first-order valence-corrected chi connectivity index (χ1v) is 11.6. The van der Waals surface area contributed by atoms with E-state index in [2.05, 4.69) is 0 Å². The molecule has 0 spiro atoms. The van der Waals surface area contributed by atoms with Crippen LogP contribution in [0.1, 0.15) is 70.6 Å². The van der Waals surface area contributed by atoms with Crippen LogP contribution < -0.4 is 4.74 Å². The molecule has 0 saturated heterocycles. The lowest BCUT2D eigenvalue weighted by Gasteiger charge is -2.28. The van der Waals surface area contributed by atoms with E-state index in [1.54, 1.807) is 26.8 Å². The van der Waals surface area contributed by atoms with Crippen LogP contribution in [0.5, 0.6) is 5.75 Å². The van der Waals surface area contributed by atoms with Crippen molar-refractivity contribution >= 4 is 29.8 Å². The molecule has 1 N–H and O–H groups in total. The van der Waals surface area contributed by atoms with Gasteiger partial charge >= 0.3 is 29.8 Å². The van der Waals surface area contributed by atoms with Gasteiger partial charge in [-0.2, -0.15) is 0 Å². The van der Waals surface area contributed by atoms with E-state index < -0.39 is 47.3 Å². The van der Waals surface area contributed by atoms with Crippen molar-refractivity contribution in [2.75, 3.05) is 13.2 Å². The maximum absolute atomic E-state index is 12.7. The molecule has 0 fully saturated rings. The summed E-state index contributed by atoms with van der Waals surface area (Å²) in [5.41, 5.74) is 1.52. The summed E-state index contributed by atoms with van der Waals surface area (Å²) >= 11 is 0. The van der Waals surface area contributed by atoms with Gasteiger partial charge < -0.3 is 24.1 Å². The molecule has 0 aliphatic carbocycles. The third-order valence-corrected chi connectivity index (χ3v) is 5.21. The Kier molecular flexibility index (Phi) is 11.6. The van der Waals surface area contributed by atoms with Crippen molar-refractivity contribution in [1.82, 2.24) is 0 Å². The van der Waals surface area contributed by atoms with Crippen LogP contribution in [0.4, 0.5) is 0 Å². The number of aryl methyl sites for hydroxylation is 2. The summed E-state index contributed by atoms with van der Waals surface area (Å²) in [7, 11) is 0. The second-order valence-corrected chi connectivity index (χ2v) is 9.61. The summed E-state index contributed by atoms with van der Waals surface area (Å²) in [5, 5.41) is 9.31. The average Bonchev–Trinajstić information content (AvgIpc) is 2.67. The van der Waals surface area contributed by atoms with Gasteiger partial charge in [0.15, 0.2) is 6.10 Å². The van der Waals surface area contributed by atoms with Crippen molar-refractivity contribution in [3.05, 3.63) is 28.8 Å². The monoisotopic (exact) mass is 508 g/mol. The molecule has 0 saturated carbocycles. The van der Waals surface area contributed by atoms with Gasteiger partial charge in [0.05, 0.1) is 6.42 Å². The molecule has 200 valence electrons. The largest absolute Gasteiger partial charge is 0.481 e. The molecule has 1 aromatic rings. The van der Waals surface area contributed by atoms with Crippen LogP contribution in [0.2, 0.25) is 0 Å². The lowest BCUT2D eigenvalue weighted by atomic mass is 9.78. The molecule has 0 aliphatic heterocycles. The number of esters is 4. The van der Waals surface area contributed by atoms with E-state index in [9.17, 15) is 29.1 Å². The minimum atomic E-state index is -0.973. The van der Waals surface area contributed by atoms with E-state index in [0.29, 0.717) is 11.3 Å². The number of hydrogen-bond donors (Lipinski definition) is 1. The number of carboxylic acids is 1. The highest BCUT2D eigenvalue weighted by Crippen LogP contribution is 2.38. The van der Waals surface area contributed by atoms with Gasteiger partial charge in [0, 0.05) is 37.7 Å². The molecule has 1 rings (SSSR count). The van der Waals surface area contributed by atoms with Crippen LogP contribution in [-0.2, 0) is 43.6 Å². The Morgan fingerprint density at radius 3 is 1.94 bits per heavy atom. The van der Waals surface area contributed by atoms with Gasteiger partial charge in [-0.1, -0.05) is 26.8 Å². The molecule has 0 bridgehead atoms. The van der Waals surface area contributed by atoms with E-state index in [-0.39, 0.29) is 32.5 Å². The molecule has 1 atom stereocenters. The molecule has 0 radical (unpaired) electrons. The predicted molar refractivity (Wildman–Crippen MR) is 128 cm³/mol. The van der Waals surface area contributed by atoms with Gasteiger partial charge in [-0.05, 0) is 37.0 Å². The fourth-order valence-electron chi connectivity index (χ4n) is 3.92. The third kappa shape index (κ3) is 10.9. The minimum absolute atomic E-state index is 0.0978. The Balaban J connectivity index is 2.84. The number of hydrogen-bond acceptors (Lipinski definition) is 9. The third-order valence-electron chi connectivity index (χ3n) is 5.21. The minimum Gasteiger partial charge on any atom is -0.481 e. The first-order chi connectivity index (χ1) is 16.6. The Bertz CT molecular complexity index is 961. The van der Waals surface area contributed by atoms with E-state index in [1.165, 1.54) is 13.8 Å². The number of ether oxygens (including phenoxy) is 4. The molecule has 10 heteroatoms. The number of carbonyl (C=O) groups excluding carboxylic acids is 4. The summed E-state index contributed by atoms with van der Waals surface area (Å²) in [5.74, 6) is -3.51. The van der Waals surface area contributed by atoms with Gasteiger partial charge in [0.2, 0.25) is 0 Å². The summed E-state index contributed by atoms with van der Waals surface area (Å²) in [6.45, 7) is 10.8. The summed E-state index contributed by atoms with van der Waals surface area (Å²) in [6, 6.07) is 3.59. The lowest BCUT2D eigenvalue weighted by molar-refractivity contribution is -0.166. The van der Waals surface area contributed by atoms with Crippen molar-refractivity contribution in [2.24, 2.45) is 5.92 Å². The molecule has 0 amide bonds. The van der Waals surface area contributed by atoms with Crippen molar-refractivity contribution in [1.29, 1.82) is 0 Å². The molecular weight excluding hydrogens is 472 g/mol. The zero-order valence-electron chi connectivity index (χ0n) is 22.0. The molecular formula is C26H36O10. The van der Waals surface area contributed by atoms with Crippen LogP contribution in [0, 0.1) is 19.8 Å². The van der Waals surface area contributed by atoms with Gasteiger partial charge in [0.1, 0.15) is 19.0 Å². The molecule has 1 unspecified atom stereocenters. The summed E-state index contributed by atoms with van der Waals surface area (Å²) in [6.07, 6.45) is -1.35. The molecule has 1 aromatic carbocycles. The number of benzene rings is 1. The first kappa shape index (κ1) is 30.6. The summed E-state index contributed by atoms with van der Waals surface area (Å²) < 4.78 is 20.6. The molecule has 36 heavy (non-hydrogen) atoms. The maximum atomic E-state index is 12.7. The Morgan fingerprint density at radius 1 is 0.917 bits per heavy atom. The highest BCUT2D eigenvalue weighted by atomic mass is 16.6. The van der Waals surface area contributed by atoms with E-state index in [1.807, 2.05) is 19.9 Å². The first-order valence-electron chi connectivity index (χ1n) is 11.6.